The molecule has 0 spiro atoms. The number of nitrogens with one attached hydrogen (secondary N) is 1. The molecule has 0 aromatic carbocycles. The van der Waals surface area contributed by atoms with Gasteiger partial charge >= 0.3 is 0 Å². The van der Waals surface area contributed by atoms with Crippen LogP contribution in [0.25, 0.3) is 0 Å². The van der Waals surface area contributed by atoms with E-state index in [1.54, 1.807) is 6.26 Å². The van der Waals surface area contributed by atoms with Gasteiger partial charge in [0.25, 0.3) is 0 Å². The number of carbonyl (C=O) groups is 1. The minimum Gasteiger partial charge on any atom is -0.467 e. The summed E-state index contributed by atoms with van der Waals surface area (Å²) in [5.41, 5.74) is 5.70. The average Bonchev–Trinajstić information content (AvgIpc) is 2.92. The van der Waals surface area contributed by atoms with Gasteiger partial charge in [-0.1, -0.05) is 0 Å². The number of furan rings is 1. The fourth-order valence-electron chi connectivity index (χ4n) is 2.59. The van der Waals surface area contributed by atoms with E-state index in [-0.39, 0.29) is 11.9 Å². The number of hydrogen-bond donors (Lipinski definition) is 2. The van der Waals surface area contributed by atoms with Crippen molar-refractivity contribution in [3.63, 3.8) is 0 Å². The predicted molar refractivity (Wildman–Crippen MR) is 73.5 cm³/mol. The Balaban J connectivity index is 1.77. The van der Waals surface area contributed by atoms with E-state index in [1.165, 1.54) is 6.42 Å². The van der Waals surface area contributed by atoms with Crippen LogP contribution in [0, 0.1) is 5.92 Å². The summed E-state index contributed by atoms with van der Waals surface area (Å²) in [6.07, 6.45) is 3.93. The van der Waals surface area contributed by atoms with Crippen LogP contribution >= 0.6 is 0 Å². The van der Waals surface area contributed by atoms with Crippen LogP contribution in [0.4, 0.5) is 0 Å². The number of likely N-dealkylation sites (tertiary alicyclic amines) is 1. The highest BCUT2D eigenvalue weighted by Crippen LogP contribution is 2.15. The van der Waals surface area contributed by atoms with Crippen molar-refractivity contribution in [3.8, 4) is 0 Å². The monoisotopic (exact) mass is 265 g/mol. The summed E-state index contributed by atoms with van der Waals surface area (Å²) in [4.78, 5) is 14.2. The normalized spacial score (nSPS) is 22.1. The molecule has 1 aliphatic rings. The lowest BCUT2D eigenvalue weighted by atomic mass is 9.98. The summed E-state index contributed by atoms with van der Waals surface area (Å²) in [7, 11) is 0. The third-order valence-electron chi connectivity index (χ3n) is 3.65. The summed E-state index contributed by atoms with van der Waals surface area (Å²) in [6, 6.07) is 3.61. The molecule has 19 heavy (non-hydrogen) atoms. The summed E-state index contributed by atoms with van der Waals surface area (Å²) in [6.45, 7) is 5.00. The summed E-state index contributed by atoms with van der Waals surface area (Å²) < 4.78 is 5.28. The smallest absolute Gasteiger partial charge is 0.234 e. The van der Waals surface area contributed by atoms with Crippen LogP contribution < -0.4 is 11.1 Å². The molecule has 1 aliphatic heterocycles. The third-order valence-corrected chi connectivity index (χ3v) is 3.65. The number of piperidine rings is 1. The topological polar surface area (TPSA) is 71.5 Å². The maximum atomic E-state index is 12.0. The van der Waals surface area contributed by atoms with Crippen LogP contribution in [0.5, 0.6) is 0 Å². The van der Waals surface area contributed by atoms with Gasteiger partial charge in [0, 0.05) is 6.54 Å². The quantitative estimate of drug-likeness (QED) is 0.837. The molecule has 1 aromatic heterocycles. The Kier molecular flexibility index (Phi) is 4.99. The lowest BCUT2D eigenvalue weighted by molar-refractivity contribution is -0.123. The number of amides is 1. The van der Waals surface area contributed by atoms with E-state index in [0.29, 0.717) is 19.0 Å². The van der Waals surface area contributed by atoms with Gasteiger partial charge in [-0.25, -0.2) is 0 Å². The van der Waals surface area contributed by atoms with Crippen LogP contribution in [-0.2, 0) is 4.79 Å². The third kappa shape index (κ3) is 4.08. The fraction of sp³-hybridized carbons (Fsp3) is 0.643. The molecule has 0 radical (unpaired) electrons. The van der Waals surface area contributed by atoms with Crippen LogP contribution in [0.15, 0.2) is 22.8 Å². The van der Waals surface area contributed by atoms with E-state index in [0.717, 1.165) is 25.3 Å². The van der Waals surface area contributed by atoms with Gasteiger partial charge in [0.15, 0.2) is 0 Å². The van der Waals surface area contributed by atoms with Crippen molar-refractivity contribution in [1.82, 2.24) is 10.2 Å². The van der Waals surface area contributed by atoms with Gasteiger partial charge in [-0.05, 0) is 50.9 Å². The molecule has 2 rings (SSSR count). The Morgan fingerprint density at radius 3 is 3.21 bits per heavy atom. The zero-order valence-electron chi connectivity index (χ0n) is 11.5. The zero-order chi connectivity index (χ0) is 13.7. The Bertz CT molecular complexity index is 391. The fourth-order valence-corrected chi connectivity index (χ4v) is 2.59. The second kappa shape index (κ2) is 6.73. The van der Waals surface area contributed by atoms with E-state index in [1.807, 2.05) is 19.1 Å². The van der Waals surface area contributed by atoms with E-state index >= 15 is 0 Å². The highest BCUT2D eigenvalue weighted by molar-refractivity contribution is 5.78. The average molecular weight is 265 g/mol. The van der Waals surface area contributed by atoms with E-state index in [9.17, 15) is 4.79 Å². The Labute approximate surface area is 114 Å². The molecule has 2 atom stereocenters. The second-order valence-electron chi connectivity index (χ2n) is 5.28. The standard InChI is InChI=1S/C14H23N3O2/c1-11(13-5-3-7-19-13)16-14(18)10-17-6-2-4-12(8-15)9-17/h3,5,7,11-12H,2,4,6,8-10,15H2,1H3,(H,16,18). The highest BCUT2D eigenvalue weighted by Gasteiger charge is 2.21. The summed E-state index contributed by atoms with van der Waals surface area (Å²) >= 11 is 0. The second-order valence-corrected chi connectivity index (χ2v) is 5.28. The summed E-state index contributed by atoms with van der Waals surface area (Å²) in [5, 5.41) is 2.96. The molecule has 2 heterocycles. The van der Waals surface area contributed by atoms with Crippen LogP contribution in [0.1, 0.15) is 31.6 Å². The molecule has 1 saturated heterocycles. The number of carbonyl (C=O) groups excluding carboxylic acids is 1. The van der Waals surface area contributed by atoms with Crippen molar-refractivity contribution in [2.45, 2.75) is 25.8 Å². The first-order valence-corrected chi connectivity index (χ1v) is 6.94. The number of rotatable bonds is 5. The number of nitrogens with zero attached hydrogens (tertiary/aromatic N) is 1. The Hall–Kier alpha value is -1.33. The molecular formula is C14H23N3O2. The summed E-state index contributed by atoms with van der Waals surface area (Å²) in [5.74, 6) is 1.36. The van der Waals surface area contributed by atoms with Crippen LogP contribution in [0.3, 0.4) is 0 Å². The first-order valence-electron chi connectivity index (χ1n) is 6.94. The molecule has 106 valence electrons. The van der Waals surface area contributed by atoms with Crippen molar-refractivity contribution in [3.05, 3.63) is 24.2 Å². The van der Waals surface area contributed by atoms with Gasteiger partial charge in [-0.3, -0.25) is 9.69 Å². The predicted octanol–water partition coefficient (Wildman–Crippen LogP) is 1.13. The molecule has 0 bridgehead atoms. The molecule has 1 amide bonds. The van der Waals surface area contributed by atoms with Crippen LogP contribution in [0.2, 0.25) is 0 Å². The minimum atomic E-state index is -0.0856. The molecule has 5 heteroatoms. The van der Waals surface area contributed by atoms with Crippen molar-refractivity contribution in [1.29, 1.82) is 0 Å². The van der Waals surface area contributed by atoms with Gasteiger partial charge in [-0.15, -0.1) is 0 Å². The highest BCUT2D eigenvalue weighted by atomic mass is 16.3. The maximum absolute atomic E-state index is 12.0. The molecule has 5 nitrogen and oxygen atoms in total. The van der Waals surface area contributed by atoms with Gasteiger partial charge in [-0.2, -0.15) is 0 Å². The van der Waals surface area contributed by atoms with Crippen LogP contribution in [-0.4, -0.2) is 37.0 Å². The Morgan fingerprint density at radius 1 is 1.68 bits per heavy atom. The minimum absolute atomic E-state index is 0.0431. The molecule has 3 N–H and O–H groups in total. The maximum Gasteiger partial charge on any atom is 0.234 e. The SMILES string of the molecule is CC(NC(=O)CN1CCCC(CN)C1)c1ccco1. The van der Waals surface area contributed by atoms with Gasteiger partial charge in [0.2, 0.25) is 5.91 Å². The van der Waals surface area contributed by atoms with Gasteiger partial charge < -0.3 is 15.5 Å². The largest absolute Gasteiger partial charge is 0.467 e. The first-order chi connectivity index (χ1) is 9.19. The van der Waals surface area contributed by atoms with E-state index < -0.39 is 0 Å². The molecule has 1 aromatic rings. The van der Waals surface area contributed by atoms with E-state index in [2.05, 4.69) is 10.2 Å². The first kappa shape index (κ1) is 14.1. The molecule has 2 unspecified atom stereocenters. The van der Waals surface area contributed by atoms with Gasteiger partial charge in [0.05, 0.1) is 18.8 Å². The van der Waals surface area contributed by atoms with Crippen molar-refractivity contribution in [2.24, 2.45) is 11.7 Å². The van der Waals surface area contributed by atoms with E-state index in [4.69, 9.17) is 10.2 Å². The number of hydrogen-bond acceptors (Lipinski definition) is 4. The molecule has 0 aliphatic carbocycles. The zero-order valence-corrected chi connectivity index (χ0v) is 11.5. The van der Waals surface area contributed by atoms with Crippen molar-refractivity contribution < 1.29 is 9.21 Å². The van der Waals surface area contributed by atoms with Crippen molar-refractivity contribution in [2.75, 3.05) is 26.2 Å². The van der Waals surface area contributed by atoms with Gasteiger partial charge in [0.1, 0.15) is 5.76 Å². The Morgan fingerprint density at radius 2 is 2.53 bits per heavy atom. The lowest BCUT2D eigenvalue weighted by Gasteiger charge is -2.31. The molecular weight excluding hydrogens is 242 g/mol. The molecule has 1 fully saturated rings. The van der Waals surface area contributed by atoms with Crippen molar-refractivity contribution >= 4 is 5.91 Å². The molecule has 0 saturated carbocycles. The number of nitrogens with two attached hydrogens (primary N) is 1. The lowest BCUT2D eigenvalue weighted by Crippen LogP contribution is -2.44.